The summed E-state index contributed by atoms with van der Waals surface area (Å²) in [6.45, 7) is 5.75. The fourth-order valence-corrected chi connectivity index (χ4v) is 3.95. The second-order valence-corrected chi connectivity index (χ2v) is 8.39. The van der Waals surface area contributed by atoms with E-state index in [0.717, 1.165) is 27.0 Å². The van der Waals surface area contributed by atoms with Crippen LogP contribution in [0.25, 0.3) is 15.5 Å². The lowest BCUT2D eigenvalue weighted by atomic mass is 10.2. The third-order valence-corrected chi connectivity index (χ3v) is 5.38. The summed E-state index contributed by atoms with van der Waals surface area (Å²) in [6, 6.07) is 14.5. The molecule has 2 aromatic heterocycles. The molecular formula is C21H20N6O2S2. The number of fused-ring (bicyclic) bond motifs is 1. The van der Waals surface area contributed by atoms with Gasteiger partial charge < -0.3 is 10.1 Å². The number of carbonyl (C=O) groups is 1. The molecule has 0 spiro atoms. The summed E-state index contributed by atoms with van der Waals surface area (Å²) < 4.78 is 7.30. The van der Waals surface area contributed by atoms with Gasteiger partial charge in [-0.3, -0.25) is 10.1 Å². The van der Waals surface area contributed by atoms with Crippen molar-refractivity contribution in [1.82, 2.24) is 25.1 Å². The normalized spacial score (nSPS) is 11.0. The topological polar surface area (TPSA) is 93.4 Å². The second-order valence-electron chi connectivity index (χ2n) is 7.03. The summed E-state index contributed by atoms with van der Waals surface area (Å²) in [5.74, 6) is 1.15. The molecule has 0 aliphatic rings. The number of hydrogen-bond donors (Lipinski definition) is 2. The van der Waals surface area contributed by atoms with Crippen LogP contribution in [-0.2, 0) is 0 Å². The molecule has 2 N–H and O–H groups in total. The molecule has 10 heteroatoms. The first-order valence-corrected chi connectivity index (χ1v) is 10.8. The zero-order chi connectivity index (χ0) is 22.0. The highest BCUT2D eigenvalue weighted by Gasteiger charge is 2.12. The molecule has 1 amide bonds. The van der Waals surface area contributed by atoms with Crippen LogP contribution >= 0.6 is 23.6 Å². The number of hydrogen-bond acceptors (Lipinski definition) is 7. The van der Waals surface area contributed by atoms with Crippen LogP contribution in [0.15, 0.2) is 48.5 Å². The maximum absolute atomic E-state index is 12.5. The highest BCUT2D eigenvalue weighted by Crippen LogP contribution is 2.27. The Hall–Kier alpha value is -3.37. The van der Waals surface area contributed by atoms with E-state index < -0.39 is 0 Å². The molecular weight excluding hydrogens is 432 g/mol. The van der Waals surface area contributed by atoms with Crippen LogP contribution in [0.1, 0.15) is 30.0 Å². The number of benzene rings is 2. The first kappa shape index (κ1) is 20.9. The zero-order valence-electron chi connectivity index (χ0n) is 17.1. The van der Waals surface area contributed by atoms with Crippen molar-refractivity contribution in [2.75, 3.05) is 5.32 Å². The molecule has 31 heavy (non-hydrogen) atoms. The largest absolute Gasteiger partial charge is 0.491 e. The third-order valence-electron chi connectivity index (χ3n) is 4.23. The van der Waals surface area contributed by atoms with E-state index in [2.05, 4.69) is 25.9 Å². The van der Waals surface area contributed by atoms with Gasteiger partial charge in [0.15, 0.2) is 10.9 Å². The monoisotopic (exact) mass is 452 g/mol. The van der Waals surface area contributed by atoms with E-state index in [1.165, 1.54) is 11.3 Å². The average molecular weight is 453 g/mol. The minimum atomic E-state index is -0.297. The van der Waals surface area contributed by atoms with Crippen molar-refractivity contribution < 1.29 is 9.53 Å². The van der Waals surface area contributed by atoms with Crippen molar-refractivity contribution in [2.24, 2.45) is 0 Å². The number of thiocarbonyl (C=S) groups is 1. The first-order valence-electron chi connectivity index (χ1n) is 9.57. The summed E-state index contributed by atoms with van der Waals surface area (Å²) in [6.07, 6.45) is 0.0720. The Kier molecular flexibility index (Phi) is 5.92. The molecule has 0 bridgehead atoms. The molecule has 4 aromatic rings. The molecule has 0 aliphatic carbocycles. The van der Waals surface area contributed by atoms with Gasteiger partial charge in [0.2, 0.25) is 4.96 Å². The summed E-state index contributed by atoms with van der Waals surface area (Å²) in [5.41, 5.74) is 2.14. The van der Waals surface area contributed by atoms with Crippen molar-refractivity contribution in [2.45, 2.75) is 26.9 Å². The molecule has 0 unspecified atom stereocenters. The quantitative estimate of drug-likeness (QED) is 0.441. The third kappa shape index (κ3) is 4.86. The van der Waals surface area contributed by atoms with Crippen LogP contribution in [0.4, 0.5) is 5.69 Å². The van der Waals surface area contributed by atoms with Gasteiger partial charge in [-0.25, -0.2) is 0 Å². The van der Waals surface area contributed by atoms with Crippen molar-refractivity contribution in [3.8, 4) is 16.3 Å². The van der Waals surface area contributed by atoms with E-state index in [0.29, 0.717) is 11.3 Å². The Bertz CT molecular complexity index is 1250. The predicted octanol–water partition coefficient (Wildman–Crippen LogP) is 4.08. The van der Waals surface area contributed by atoms with E-state index >= 15 is 0 Å². The molecule has 0 saturated carbocycles. The SMILES string of the molecule is Cc1nnc2sc(-c3cccc(NC(=S)NC(=O)c4ccc(OC(C)C)cc4)c3)nn12. The molecule has 8 nitrogen and oxygen atoms in total. The number of aromatic nitrogens is 4. The molecule has 2 aromatic carbocycles. The minimum Gasteiger partial charge on any atom is -0.491 e. The Morgan fingerprint density at radius 3 is 2.65 bits per heavy atom. The first-order chi connectivity index (χ1) is 14.9. The van der Waals surface area contributed by atoms with Gasteiger partial charge in [-0.2, -0.15) is 9.61 Å². The van der Waals surface area contributed by atoms with Gasteiger partial charge in [-0.1, -0.05) is 23.5 Å². The molecule has 0 radical (unpaired) electrons. The van der Waals surface area contributed by atoms with Crippen molar-refractivity contribution in [1.29, 1.82) is 0 Å². The molecule has 0 saturated heterocycles. The smallest absolute Gasteiger partial charge is 0.257 e. The van der Waals surface area contributed by atoms with E-state index in [9.17, 15) is 4.79 Å². The molecule has 158 valence electrons. The van der Waals surface area contributed by atoms with Crippen LogP contribution in [-0.4, -0.2) is 36.9 Å². The van der Waals surface area contributed by atoms with Gasteiger partial charge in [0.1, 0.15) is 10.8 Å². The van der Waals surface area contributed by atoms with Gasteiger partial charge in [-0.15, -0.1) is 10.2 Å². The van der Waals surface area contributed by atoms with E-state index in [-0.39, 0.29) is 17.1 Å². The molecule has 0 atom stereocenters. The maximum Gasteiger partial charge on any atom is 0.257 e. The predicted molar refractivity (Wildman–Crippen MR) is 125 cm³/mol. The fourth-order valence-electron chi connectivity index (χ4n) is 2.86. The van der Waals surface area contributed by atoms with Crippen LogP contribution in [0.5, 0.6) is 5.75 Å². The second kappa shape index (κ2) is 8.78. The van der Waals surface area contributed by atoms with E-state index in [1.54, 1.807) is 28.8 Å². The Morgan fingerprint density at radius 2 is 1.94 bits per heavy atom. The number of nitrogens with zero attached hydrogens (tertiary/aromatic N) is 4. The minimum absolute atomic E-state index is 0.0720. The standard InChI is InChI=1S/C21H20N6O2S2/c1-12(2)29-17-9-7-14(8-10-17)18(28)23-20(30)22-16-6-4-5-15(11-16)19-26-27-13(3)24-25-21(27)31-19/h4-12H,1-3H3,(H2,22,23,28,30). The Morgan fingerprint density at radius 1 is 1.16 bits per heavy atom. The Balaban J connectivity index is 1.41. The number of amides is 1. The van der Waals surface area contributed by atoms with Crippen LogP contribution < -0.4 is 15.4 Å². The molecule has 4 rings (SSSR count). The van der Waals surface area contributed by atoms with Crippen molar-refractivity contribution >= 4 is 45.2 Å². The lowest BCUT2D eigenvalue weighted by molar-refractivity contribution is 0.0977. The number of carbonyl (C=O) groups excluding carboxylic acids is 1. The summed E-state index contributed by atoms with van der Waals surface area (Å²) >= 11 is 6.76. The Labute approximate surface area is 188 Å². The van der Waals surface area contributed by atoms with Crippen LogP contribution in [0, 0.1) is 6.92 Å². The molecule has 0 aliphatic heterocycles. The highest BCUT2D eigenvalue weighted by molar-refractivity contribution is 7.80. The highest BCUT2D eigenvalue weighted by atomic mass is 32.1. The zero-order valence-corrected chi connectivity index (χ0v) is 18.8. The summed E-state index contributed by atoms with van der Waals surface area (Å²) in [7, 11) is 0. The number of ether oxygens (including phenoxy) is 1. The maximum atomic E-state index is 12.5. The lowest BCUT2D eigenvalue weighted by Crippen LogP contribution is -2.34. The molecule has 0 fully saturated rings. The summed E-state index contributed by atoms with van der Waals surface area (Å²) in [5, 5.41) is 19.4. The van der Waals surface area contributed by atoms with Gasteiger partial charge in [0, 0.05) is 16.8 Å². The van der Waals surface area contributed by atoms with Gasteiger partial charge >= 0.3 is 0 Å². The van der Waals surface area contributed by atoms with Gasteiger partial charge in [0.25, 0.3) is 5.91 Å². The van der Waals surface area contributed by atoms with Crippen molar-refractivity contribution in [3.05, 3.63) is 59.9 Å². The van der Waals surface area contributed by atoms with Gasteiger partial charge in [0.05, 0.1) is 6.10 Å². The lowest BCUT2D eigenvalue weighted by Gasteiger charge is -2.12. The average Bonchev–Trinajstić information content (AvgIpc) is 3.30. The van der Waals surface area contributed by atoms with Crippen LogP contribution in [0.3, 0.4) is 0 Å². The van der Waals surface area contributed by atoms with E-state index in [4.69, 9.17) is 17.0 Å². The van der Waals surface area contributed by atoms with Crippen molar-refractivity contribution in [3.63, 3.8) is 0 Å². The number of anilines is 1. The summed E-state index contributed by atoms with van der Waals surface area (Å²) in [4.78, 5) is 13.2. The fraction of sp³-hybridized carbons (Fsp3) is 0.190. The number of nitrogens with one attached hydrogen (secondary N) is 2. The van der Waals surface area contributed by atoms with Crippen LogP contribution in [0.2, 0.25) is 0 Å². The van der Waals surface area contributed by atoms with E-state index in [1.807, 2.05) is 45.0 Å². The number of rotatable bonds is 5. The number of aryl methyl sites for hydroxylation is 1. The molecule has 2 heterocycles. The van der Waals surface area contributed by atoms with Gasteiger partial charge in [-0.05, 0) is 69.4 Å².